The van der Waals surface area contributed by atoms with Crippen LogP contribution in [0.2, 0.25) is 0 Å². The standard InChI is InChI=1S/C23H36N2/c1-21-18-22(2)20-24(19-21)15-11-8-6-4-5-7-9-12-16-25-17-13-10-14-23(25)3/h10,13-14,17-20H,4-9,11-12,15-16H2,1-3H3/q+2. The van der Waals surface area contributed by atoms with Crippen molar-refractivity contribution in [2.45, 2.75) is 85.2 Å². The summed E-state index contributed by atoms with van der Waals surface area (Å²) in [5.41, 5.74) is 4.09. The molecule has 0 fully saturated rings. The molecule has 2 nitrogen and oxygen atoms in total. The molecule has 0 saturated heterocycles. The van der Waals surface area contributed by atoms with Crippen molar-refractivity contribution < 1.29 is 9.13 Å². The van der Waals surface area contributed by atoms with Gasteiger partial charge in [-0.2, -0.15) is 0 Å². The number of pyridine rings is 2. The first-order valence-corrected chi connectivity index (χ1v) is 10.1. The summed E-state index contributed by atoms with van der Waals surface area (Å²) in [7, 11) is 0. The molecule has 0 bridgehead atoms. The maximum absolute atomic E-state index is 2.37. The van der Waals surface area contributed by atoms with Crippen molar-refractivity contribution in [2.75, 3.05) is 0 Å². The summed E-state index contributed by atoms with van der Waals surface area (Å²) in [6, 6.07) is 8.68. The Bertz CT molecular complexity index is 613. The topological polar surface area (TPSA) is 7.76 Å². The molecular formula is C23H36N2+2. The number of aryl methyl sites for hydroxylation is 5. The third-order valence-corrected chi connectivity index (χ3v) is 4.93. The second kappa shape index (κ2) is 11.0. The maximum Gasteiger partial charge on any atom is 0.178 e. The number of rotatable bonds is 11. The van der Waals surface area contributed by atoms with Gasteiger partial charge in [-0.3, -0.25) is 0 Å². The molecule has 0 aliphatic carbocycles. The molecule has 0 spiro atoms. The van der Waals surface area contributed by atoms with Crippen LogP contribution in [0, 0.1) is 20.8 Å². The van der Waals surface area contributed by atoms with Crippen molar-refractivity contribution in [3.8, 4) is 0 Å². The van der Waals surface area contributed by atoms with E-state index in [1.165, 1.54) is 74.7 Å². The zero-order valence-corrected chi connectivity index (χ0v) is 16.5. The second-order valence-corrected chi connectivity index (χ2v) is 7.49. The fraction of sp³-hybridized carbons (Fsp3) is 0.565. The monoisotopic (exact) mass is 340 g/mol. The molecule has 0 aliphatic rings. The number of hydrogen-bond donors (Lipinski definition) is 0. The van der Waals surface area contributed by atoms with Gasteiger partial charge in [0.1, 0.15) is 13.1 Å². The Hall–Kier alpha value is -1.70. The summed E-state index contributed by atoms with van der Waals surface area (Å²) >= 11 is 0. The Morgan fingerprint density at radius 3 is 1.84 bits per heavy atom. The molecule has 0 aliphatic heterocycles. The van der Waals surface area contributed by atoms with Gasteiger partial charge in [-0.05, 0) is 32.8 Å². The largest absolute Gasteiger partial charge is 0.205 e. The van der Waals surface area contributed by atoms with Crippen molar-refractivity contribution in [3.63, 3.8) is 0 Å². The first kappa shape index (κ1) is 19.6. The lowest BCUT2D eigenvalue weighted by molar-refractivity contribution is -0.703. The molecule has 0 atom stereocenters. The normalized spacial score (nSPS) is 11.0. The number of nitrogens with zero attached hydrogens (tertiary/aromatic N) is 2. The Labute approximate surface area is 154 Å². The van der Waals surface area contributed by atoms with E-state index in [1.807, 2.05) is 0 Å². The van der Waals surface area contributed by atoms with Crippen LogP contribution in [0.5, 0.6) is 0 Å². The Balaban J connectivity index is 1.45. The van der Waals surface area contributed by atoms with Gasteiger partial charge in [0.15, 0.2) is 24.3 Å². The third-order valence-electron chi connectivity index (χ3n) is 4.93. The molecule has 0 radical (unpaired) electrons. The summed E-state index contributed by atoms with van der Waals surface area (Å²) in [5, 5.41) is 0. The fourth-order valence-electron chi connectivity index (χ4n) is 3.57. The first-order chi connectivity index (χ1) is 12.1. The lowest BCUT2D eigenvalue weighted by atomic mass is 10.1. The van der Waals surface area contributed by atoms with E-state index in [4.69, 9.17) is 0 Å². The van der Waals surface area contributed by atoms with E-state index in [9.17, 15) is 0 Å². The van der Waals surface area contributed by atoms with Crippen LogP contribution in [0.1, 0.15) is 68.2 Å². The van der Waals surface area contributed by atoms with Crippen LogP contribution in [-0.4, -0.2) is 0 Å². The van der Waals surface area contributed by atoms with Gasteiger partial charge in [-0.25, -0.2) is 9.13 Å². The van der Waals surface area contributed by atoms with E-state index >= 15 is 0 Å². The molecule has 0 N–H and O–H groups in total. The molecule has 0 aromatic carbocycles. The SMILES string of the molecule is Cc1cc(C)c[n+](CCCCCCCCCC[n+]2ccccc2C)c1. The highest BCUT2D eigenvalue weighted by atomic mass is 14.9. The highest BCUT2D eigenvalue weighted by Crippen LogP contribution is 2.09. The lowest BCUT2D eigenvalue weighted by Crippen LogP contribution is -2.36. The molecule has 2 heterocycles. The predicted octanol–water partition coefficient (Wildman–Crippen LogP) is 5.01. The zero-order chi connectivity index (χ0) is 17.9. The summed E-state index contributed by atoms with van der Waals surface area (Å²) in [4.78, 5) is 0. The summed E-state index contributed by atoms with van der Waals surface area (Å²) in [6.07, 6.45) is 17.6. The predicted molar refractivity (Wildman–Crippen MR) is 104 cm³/mol. The molecular weight excluding hydrogens is 304 g/mol. The van der Waals surface area contributed by atoms with E-state index < -0.39 is 0 Å². The van der Waals surface area contributed by atoms with Crippen LogP contribution in [0.3, 0.4) is 0 Å². The van der Waals surface area contributed by atoms with Crippen molar-refractivity contribution in [2.24, 2.45) is 0 Å². The first-order valence-electron chi connectivity index (χ1n) is 10.1. The second-order valence-electron chi connectivity index (χ2n) is 7.49. The Morgan fingerprint density at radius 2 is 1.24 bits per heavy atom. The summed E-state index contributed by atoms with van der Waals surface area (Å²) in [6.45, 7) is 8.88. The lowest BCUT2D eigenvalue weighted by Gasteiger charge is -2.03. The molecule has 2 aromatic heterocycles. The van der Waals surface area contributed by atoms with Crippen LogP contribution < -0.4 is 9.13 Å². The summed E-state index contributed by atoms with van der Waals surface area (Å²) in [5.74, 6) is 0. The van der Waals surface area contributed by atoms with Gasteiger partial charge < -0.3 is 0 Å². The van der Waals surface area contributed by atoms with Gasteiger partial charge in [0.2, 0.25) is 0 Å². The summed E-state index contributed by atoms with van der Waals surface area (Å²) < 4.78 is 4.72. The minimum Gasteiger partial charge on any atom is -0.205 e. The molecule has 2 rings (SSSR count). The molecule has 0 unspecified atom stereocenters. The molecule has 0 saturated carbocycles. The van der Waals surface area contributed by atoms with Gasteiger partial charge in [-0.15, -0.1) is 0 Å². The van der Waals surface area contributed by atoms with Crippen molar-refractivity contribution >= 4 is 0 Å². The fourth-order valence-corrected chi connectivity index (χ4v) is 3.57. The molecule has 25 heavy (non-hydrogen) atoms. The highest BCUT2D eigenvalue weighted by Gasteiger charge is 2.04. The quantitative estimate of drug-likeness (QED) is 0.401. The van der Waals surface area contributed by atoms with Crippen LogP contribution in [0.15, 0.2) is 42.9 Å². The van der Waals surface area contributed by atoms with E-state index in [0.717, 1.165) is 6.54 Å². The van der Waals surface area contributed by atoms with E-state index in [-0.39, 0.29) is 0 Å². The van der Waals surface area contributed by atoms with Gasteiger partial charge in [0, 0.05) is 43.0 Å². The van der Waals surface area contributed by atoms with Gasteiger partial charge in [0.05, 0.1) is 0 Å². The molecule has 136 valence electrons. The number of aromatic nitrogens is 2. The van der Waals surface area contributed by atoms with Crippen molar-refractivity contribution in [1.29, 1.82) is 0 Å². The van der Waals surface area contributed by atoms with Crippen molar-refractivity contribution in [1.82, 2.24) is 0 Å². The smallest absolute Gasteiger partial charge is 0.178 e. The van der Waals surface area contributed by atoms with E-state index in [1.54, 1.807) is 0 Å². The van der Waals surface area contributed by atoms with Crippen LogP contribution in [0.4, 0.5) is 0 Å². The van der Waals surface area contributed by atoms with Crippen LogP contribution in [-0.2, 0) is 13.1 Å². The van der Waals surface area contributed by atoms with Gasteiger partial charge >= 0.3 is 0 Å². The average Bonchev–Trinajstić information content (AvgIpc) is 2.57. The van der Waals surface area contributed by atoms with Gasteiger partial charge in [-0.1, -0.05) is 31.7 Å². The third kappa shape index (κ3) is 7.81. The van der Waals surface area contributed by atoms with Crippen LogP contribution in [0.25, 0.3) is 0 Å². The van der Waals surface area contributed by atoms with Gasteiger partial charge in [0.25, 0.3) is 0 Å². The van der Waals surface area contributed by atoms with E-state index in [0.29, 0.717) is 0 Å². The molecule has 2 aromatic rings. The maximum atomic E-state index is 2.37. The van der Waals surface area contributed by atoms with Crippen LogP contribution >= 0.6 is 0 Å². The Morgan fingerprint density at radius 1 is 0.680 bits per heavy atom. The number of unbranched alkanes of at least 4 members (excludes halogenated alkanes) is 7. The minimum absolute atomic E-state index is 1.16. The Kier molecular flexibility index (Phi) is 8.65. The minimum atomic E-state index is 1.16. The van der Waals surface area contributed by atoms with Crippen molar-refractivity contribution in [3.05, 3.63) is 59.7 Å². The number of hydrogen-bond acceptors (Lipinski definition) is 0. The average molecular weight is 341 g/mol. The zero-order valence-electron chi connectivity index (χ0n) is 16.5. The molecule has 0 amide bonds. The molecule has 2 heteroatoms. The highest BCUT2D eigenvalue weighted by molar-refractivity contribution is 5.11. The van der Waals surface area contributed by atoms with E-state index in [2.05, 4.69) is 72.8 Å².